The summed E-state index contributed by atoms with van der Waals surface area (Å²) in [5, 5.41) is 0. The summed E-state index contributed by atoms with van der Waals surface area (Å²) in [6.45, 7) is 11.9. The monoisotopic (exact) mass is 445 g/mol. The van der Waals surface area contributed by atoms with Crippen molar-refractivity contribution in [1.29, 1.82) is 0 Å². The van der Waals surface area contributed by atoms with Crippen LogP contribution in [-0.2, 0) is 13.2 Å². The molecule has 2 aromatic carbocycles. The molecule has 1 heterocycles. The van der Waals surface area contributed by atoms with Crippen LogP contribution in [0.1, 0.15) is 44.4 Å². The minimum Gasteiger partial charge on any atom is -0.489 e. The number of hydrogen-bond acceptors (Lipinski definition) is 3. The third kappa shape index (κ3) is 8.26. The van der Waals surface area contributed by atoms with Crippen molar-refractivity contribution in [3.63, 3.8) is 0 Å². The summed E-state index contributed by atoms with van der Waals surface area (Å²) in [6.07, 6.45) is 6.45. The Labute approximate surface area is 198 Å². The molecular formula is C29H35NOS. The van der Waals surface area contributed by atoms with Crippen molar-refractivity contribution in [1.82, 2.24) is 4.90 Å². The van der Waals surface area contributed by atoms with Gasteiger partial charge in [-0.25, -0.2) is 0 Å². The maximum absolute atomic E-state index is 6.14. The average Bonchev–Trinajstić information content (AvgIpc) is 3.31. The highest BCUT2D eigenvalue weighted by molar-refractivity contribution is 8.00. The Morgan fingerprint density at radius 3 is 2.66 bits per heavy atom. The lowest BCUT2D eigenvalue weighted by Gasteiger charge is -2.19. The second-order valence-electron chi connectivity index (χ2n) is 9.13. The molecular weight excluding hydrogens is 410 g/mol. The second-order valence-corrected chi connectivity index (χ2v) is 10.2. The Hall–Kier alpha value is -2.41. The van der Waals surface area contributed by atoms with Crippen LogP contribution in [0.15, 0.2) is 66.8 Å². The van der Waals surface area contributed by atoms with Gasteiger partial charge in [-0.3, -0.25) is 4.90 Å². The topological polar surface area (TPSA) is 12.5 Å². The zero-order valence-corrected chi connectivity index (χ0v) is 20.7. The van der Waals surface area contributed by atoms with Crippen LogP contribution in [-0.4, -0.2) is 29.5 Å². The molecule has 1 aliphatic heterocycles. The van der Waals surface area contributed by atoms with E-state index in [4.69, 9.17) is 4.74 Å². The third-order valence-corrected chi connectivity index (χ3v) is 6.09. The normalized spacial score (nSPS) is 13.8. The van der Waals surface area contributed by atoms with Crippen LogP contribution in [0.25, 0.3) is 5.57 Å². The van der Waals surface area contributed by atoms with Gasteiger partial charge in [-0.15, -0.1) is 0 Å². The van der Waals surface area contributed by atoms with Gasteiger partial charge in [0.2, 0.25) is 0 Å². The van der Waals surface area contributed by atoms with Crippen molar-refractivity contribution in [2.75, 3.05) is 24.6 Å². The van der Waals surface area contributed by atoms with Gasteiger partial charge in [0, 0.05) is 30.0 Å². The summed E-state index contributed by atoms with van der Waals surface area (Å²) in [5.74, 6) is 9.55. The van der Waals surface area contributed by atoms with E-state index >= 15 is 0 Å². The third-order valence-electron chi connectivity index (χ3n) is 5.17. The number of likely N-dealkylation sites (N-methyl/N-ethyl adjacent to an activating group) is 1. The highest BCUT2D eigenvalue weighted by Gasteiger charge is 2.08. The lowest BCUT2D eigenvalue weighted by molar-refractivity contribution is 0.299. The zero-order valence-electron chi connectivity index (χ0n) is 19.9. The molecule has 0 saturated heterocycles. The molecule has 0 unspecified atom stereocenters. The molecule has 1 aliphatic rings. The maximum atomic E-state index is 6.14. The first kappa shape index (κ1) is 24.2. The summed E-state index contributed by atoms with van der Waals surface area (Å²) in [7, 11) is 0. The minimum absolute atomic E-state index is 0.0450. The molecule has 0 aliphatic carbocycles. The fourth-order valence-corrected chi connectivity index (χ4v) is 4.37. The first-order chi connectivity index (χ1) is 15.4. The highest BCUT2D eigenvalue weighted by atomic mass is 32.2. The van der Waals surface area contributed by atoms with Gasteiger partial charge in [0.1, 0.15) is 12.4 Å². The van der Waals surface area contributed by atoms with Crippen LogP contribution in [0.5, 0.6) is 5.75 Å². The van der Waals surface area contributed by atoms with Crippen LogP contribution < -0.4 is 4.74 Å². The van der Waals surface area contributed by atoms with E-state index in [9.17, 15) is 0 Å². The molecule has 0 amide bonds. The molecule has 0 N–H and O–H groups in total. The van der Waals surface area contributed by atoms with Crippen LogP contribution in [0.2, 0.25) is 0 Å². The molecule has 0 fully saturated rings. The summed E-state index contributed by atoms with van der Waals surface area (Å²) in [6, 6.07) is 17.2. The number of allylic oxidation sites excluding steroid dienone is 1. The average molecular weight is 446 g/mol. The molecule has 0 radical (unpaired) electrons. The molecule has 168 valence electrons. The van der Waals surface area contributed by atoms with E-state index in [0.29, 0.717) is 6.61 Å². The maximum Gasteiger partial charge on any atom is 0.120 e. The van der Waals surface area contributed by atoms with Gasteiger partial charge in [0.05, 0.1) is 0 Å². The van der Waals surface area contributed by atoms with E-state index in [1.165, 1.54) is 22.3 Å². The predicted molar refractivity (Wildman–Crippen MR) is 140 cm³/mol. The molecule has 0 saturated carbocycles. The molecule has 3 heteroatoms. The number of nitrogens with zero attached hydrogens (tertiary/aromatic N) is 1. The zero-order chi connectivity index (χ0) is 22.8. The summed E-state index contributed by atoms with van der Waals surface area (Å²) >= 11 is 1.97. The van der Waals surface area contributed by atoms with E-state index in [1.54, 1.807) is 0 Å². The van der Waals surface area contributed by atoms with Crippen molar-refractivity contribution in [2.24, 2.45) is 5.41 Å². The molecule has 2 aromatic rings. The van der Waals surface area contributed by atoms with E-state index in [1.807, 2.05) is 23.9 Å². The van der Waals surface area contributed by atoms with Crippen LogP contribution in [0.4, 0.5) is 0 Å². The molecule has 32 heavy (non-hydrogen) atoms. The Morgan fingerprint density at radius 1 is 1.09 bits per heavy atom. The standard InChI is InChI=1S/C29H35NOS/c1-5-30(17-8-6-7-16-29(2,3)4)21-24-11-10-14-28(20-24)31-22-25-12-9-13-26(19-25)27-15-18-32-23-27/h6,8-15,19-20H,5,17-18,21-23H2,1-4H3/b8-6+. The van der Waals surface area contributed by atoms with Crippen molar-refractivity contribution < 1.29 is 4.74 Å². The highest BCUT2D eigenvalue weighted by Crippen LogP contribution is 2.27. The van der Waals surface area contributed by atoms with Crippen LogP contribution >= 0.6 is 11.8 Å². The van der Waals surface area contributed by atoms with Crippen molar-refractivity contribution >= 4 is 17.3 Å². The Balaban J connectivity index is 1.55. The van der Waals surface area contributed by atoms with Gasteiger partial charge in [-0.1, -0.05) is 61.2 Å². The number of rotatable bonds is 9. The number of thioether (sulfide) groups is 1. The first-order valence-electron chi connectivity index (χ1n) is 11.4. The van der Waals surface area contributed by atoms with Gasteiger partial charge >= 0.3 is 0 Å². The Bertz CT molecular complexity index is 1000. The van der Waals surface area contributed by atoms with Gasteiger partial charge in [-0.05, 0) is 73.9 Å². The second kappa shape index (κ2) is 12.0. The lowest BCUT2D eigenvalue weighted by atomic mass is 9.98. The molecule has 0 spiro atoms. The molecule has 0 aromatic heterocycles. The molecule has 3 rings (SSSR count). The van der Waals surface area contributed by atoms with Gasteiger partial charge in [0.25, 0.3) is 0 Å². The fourth-order valence-electron chi connectivity index (χ4n) is 3.43. The van der Waals surface area contributed by atoms with Crippen molar-refractivity contribution in [3.05, 3.63) is 83.4 Å². The molecule has 2 nitrogen and oxygen atoms in total. The lowest BCUT2D eigenvalue weighted by Crippen LogP contribution is -2.22. The Morgan fingerprint density at radius 2 is 1.91 bits per heavy atom. The van der Waals surface area contributed by atoms with E-state index in [2.05, 4.69) is 99.1 Å². The number of benzene rings is 2. The van der Waals surface area contributed by atoms with E-state index < -0.39 is 0 Å². The Kier molecular flexibility index (Phi) is 9.09. The van der Waals surface area contributed by atoms with Gasteiger partial charge in [-0.2, -0.15) is 11.8 Å². The van der Waals surface area contributed by atoms with Crippen molar-refractivity contribution in [2.45, 2.75) is 40.8 Å². The quantitative estimate of drug-likeness (QED) is 0.393. The van der Waals surface area contributed by atoms with Crippen LogP contribution in [0, 0.1) is 17.3 Å². The summed E-state index contributed by atoms with van der Waals surface area (Å²) < 4.78 is 6.14. The van der Waals surface area contributed by atoms with Crippen LogP contribution in [0.3, 0.4) is 0 Å². The first-order valence-corrected chi connectivity index (χ1v) is 12.6. The van der Waals surface area contributed by atoms with E-state index in [0.717, 1.165) is 36.9 Å². The smallest absolute Gasteiger partial charge is 0.120 e. The number of hydrogen-bond donors (Lipinski definition) is 0. The van der Waals surface area contributed by atoms with Gasteiger partial charge < -0.3 is 4.74 Å². The number of ether oxygens (including phenoxy) is 1. The van der Waals surface area contributed by atoms with Crippen molar-refractivity contribution in [3.8, 4) is 17.6 Å². The van der Waals surface area contributed by atoms with E-state index in [-0.39, 0.29) is 5.41 Å². The SMILES string of the molecule is CCN(C/C=C/C#CC(C)(C)C)Cc1cccc(OCc2cccc(C3=CCSC3)c2)c1. The summed E-state index contributed by atoms with van der Waals surface area (Å²) in [5.41, 5.74) is 5.28. The minimum atomic E-state index is 0.0450. The molecule has 0 bridgehead atoms. The fraction of sp³-hybridized carbons (Fsp3) is 0.379. The van der Waals surface area contributed by atoms with Gasteiger partial charge in [0.15, 0.2) is 0 Å². The summed E-state index contributed by atoms with van der Waals surface area (Å²) in [4.78, 5) is 2.39. The molecule has 0 atom stereocenters. The predicted octanol–water partition coefficient (Wildman–Crippen LogP) is 6.82. The largest absolute Gasteiger partial charge is 0.489 e.